The molecule has 1 unspecified atom stereocenters. The van der Waals surface area contributed by atoms with Crippen molar-refractivity contribution in [3.05, 3.63) is 23.3 Å². The SMILES string of the molecule is CC(C)CCC[C@@H](C)[C@H]1CCC2=C3C=C[C@H]4CC(O)CC[C@]4(C)[C@H]3CC[C@@]21C. The van der Waals surface area contributed by atoms with E-state index in [2.05, 4.69) is 46.8 Å². The first-order valence-corrected chi connectivity index (χ1v) is 12.4. The van der Waals surface area contributed by atoms with E-state index in [1.165, 1.54) is 51.4 Å². The Morgan fingerprint density at radius 1 is 1.07 bits per heavy atom. The van der Waals surface area contributed by atoms with Crippen LogP contribution in [0.4, 0.5) is 0 Å². The Bertz CT molecular complexity index is 643. The van der Waals surface area contributed by atoms with Gasteiger partial charge in [0, 0.05) is 0 Å². The molecule has 0 radical (unpaired) electrons. The molecule has 1 nitrogen and oxygen atoms in total. The minimum Gasteiger partial charge on any atom is -0.393 e. The normalized spacial score (nSPS) is 43.7. The van der Waals surface area contributed by atoms with Gasteiger partial charge in [0.1, 0.15) is 0 Å². The third-order valence-corrected chi connectivity index (χ3v) is 9.71. The van der Waals surface area contributed by atoms with Gasteiger partial charge in [-0.05, 0) is 90.9 Å². The van der Waals surface area contributed by atoms with Gasteiger partial charge in [-0.1, -0.05) is 71.6 Å². The second kappa shape index (κ2) is 7.60. The fourth-order valence-electron chi connectivity index (χ4n) is 7.91. The molecule has 0 aromatic carbocycles. The van der Waals surface area contributed by atoms with Crippen molar-refractivity contribution >= 4 is 0 Å². The average molecular weight is 385 g/mol. The third kappa shape index (κ3) is 3.34. The summed E-state index contributed by atoms with van der Waals surface area (Å²) in [6.45, 7) is 12.4. The van der Waals surface area contributed by atoms with E-state index in [0.29, 0.717) is 16.7 Å². The van der Waals surface area contributed by atoms with Crippen LogP contribution < -0.4 is 0 Å². The van der Waals surface area contributed by atoms with Gasteiger partial charge < -0.3 is 5.11 Å². The molecule has 0 amide bonds. The van der Waals surface area contributed by atoms with Crippen molar-refractivity contribution in [1.82, 2.24) is 0 Å². The quantitative estimate of drug-likeness (QED) is 0.527. The van der Waals surface area contributed by atoms with E-state index in [9.17, 15) is 5.11 Å². The summed E-state index contributed by atoms with van der Waals surface area (Å²) in [6, 6.07) is 0. The lowest BCUT2D eigenvalue weighted by molar-refractivity contribution is -0.00325. The predicted octanol–water partition coefficient (Wildman–Crippen LogP) is 7.31. The molecular weight excluding hydrogens is 340 g/mol. The van der Waals surface area contributed by atoms with E-state index in [1.807, 2.05) is 5.57 Å². The highest BCUT2D eigenvalue weighted by Gasteiger charge is 2.54. The zero-order valence-corrected chi connectivity index (χ0v) is 19.1. The summed E-state index contributed by atoms with van der Waals surface area (Å²) in [5, 5.41) is 10.2. The molecule has 0 heterocycles. The largest absolute Gasteiger partial charge is 0.393 e. The smallest absolute Gasteiger partial charge is 0.0546 e. The number of aliphatic hydroxyl groups excluding tert-OH is 1. The first-order chi connectivity index (χ1) is 13.3. The van der Waals surface area contributed by atoms with Gasteiger partial charge in [-0.25, -0.2) is 0 Å². The van der Waals surface area contributed by atoms with Crippen LogP contribution >= 0.6 is 0 Å². The average Bonchev–Trinajstić information content (AvgIpc) is 2.99. The van der Waals surface area contributed by atoms with Crippen molar-refractivity contribution in [1.29, 1.82) is 0 Å². The molecule has 0 aliphatic heterocycles. The molecule has 7 atom stereocenters. The maximum absolute atomic E-state index is 10.2. The number of hydrogen-bond donors (Lipinski definition) is 1. The van der Waals surface area contributed by atoms with Crippen LogP contribution in [-0.4, -0.2) is 11.2 Å². The van der Waals surface area contributed by atoms with Gasteiger partial charge in [-0.15, -0.1) is 0 Å². The Balaban J connectivity index is 1.57. The number of rotatable bonds is 5. The molecule has 0 bridgehead atoms. The minimum absolute atomic E-state index is 0.0756. The molecule has 4 aliphatic carbocycles. The van der Waals surface area contributed by atoms with E-state index in [0.717, 1.165) is 36.5 Å². The van der Waals surface area contributed by atoms with Crippen LogP contribution in [0.3, 0.4) is 0 Å². The lowest BCUT2D eigenvalue weighted by Crippen LogP contribution is -2.46. The Labute approximate surface area is 174 Å². The van der Waals surface area contributed by atoms with Crippen molar-refractivity contribution < 1.29 is 5.11 Å². The molecule has 0 saturated heterocycles. The molecule has 2 saturated carbocycles. The van der Waals surface area contributed by atoms with Crippen LogP contribution in [0.2, 0.25) is 0 Å². The van der Waals surface area contributed by atoms with E-state index in [4.69, 9.17) is 0 Å². The fourth-order valence-corrected chi connectivity index (χ4v) is 7.91. The molecule has 4 rings (SSSR count). The maximum atomic E-state index is 10.2. The van der Waals surface area contributed by atoms with Crippen molar-refractivity contribution in [2.24, 2.45) is 40.4 Å². The predicted molar refractivity (Wildman–Crippen MR) is 119 cm³/mol. The summed E-state index contributed by atoms with van der Waals surface area (Å²) in [6.07, 6.45) is 17.9. The molecule has 0 aromatic heterocycles. The van der Waals surface area contributed by atoms with Gasteiger partial charge in [0.25, 0.3) is 0 Å². The van der Waals surface area contributed by atoms with Crippen LogP contribution in [0.5, 0.6) is 0 Å². The highest BCUT2D eigenvalue weighted by molar-refractivity contribution is 5.42. The monoisotopic (exact) mass is 384 g/mol. The van der Waals surface area contributed by atoms with E-state index in [1.54, 1.807) is 5.57 Å². The van der Waals surface area contributed by atoms with Crippen molar-refractivity contribution in [2.75, 3.05) is 0 Å². The van der Waals surface area contributed by atoms with E-state index < -0.39 is 0 Å². The van der Waals surface area contributed by atoms with Gasteiger partial charge in [0.15, 0.2) is 0 Å². The highest BCUT2D eigenvalue weighted by atomic mass is 16.3. The van der Waals surface area contributed by atoms with Crippen LogP contribution in [0.15, 0.2) is 23.3 Å². The van der Waals surface area contributed by atoms with Gasteiger partial charge in [-0.2, -0.15) is 0 Å². The topological polar surface area (TPSA) is 20.2 Å². The number of aliphatic hydroxyl groups is 1. The van der Waals surface area contributed by atoms with Crippen molar-refractivity contribution in [2.45, 2.75) is 105 Å². The molecule has 4 aliphatic rings. The number of hydrogen-bond acceptors (Lipinski definition) is 1. The molecule has 1 heteroatoms. The lowest BCUT2D eigenvalue weighted by Gasteiger charge is -2.54. The van der Waals surface area contributed by atoms with Gasteiger partial charge >= 0.3 is 0 Å². The van der Waals surface area contributed by atoms with Crippen LogP contribution in [0.25, 0.3) is 0 Å². The molecule has 2 fully saturated rings. The first kappa shape index (κ1) is 20.7. The summed E-state index contributed by atoms with van der Waals surface area (Å²) in [7, 11) is 0. The third-order valence-electron chi connectivity index (χ3n) is 9.71. The molecule has 0 aromatic rings. The summed E-state index contributed by atoms with van der Waals surface area (Å²) < 4.78 is 0. The van der Waals surface area contributed by atoms with Crippen LogP contribution in [-0.2, 0) is 0 Å². The minimum atomic E-state index is -0.0756. The van der Waals surface area contributed by atoms with Gasteiger partial charge in [0.05, 0.1) is 6.10 Å². The maximum Gasteiger partial charge on any atom is 0.0546 e. The highest BCUT2D eigenvalue weighted by Crippen LogP contribution is 2.64. The molecule has 28 heavy (non-hydrogen) atoms. The summed E-state index contributed by atoms with van der Waals surface area (Å²) in [4.78, 5) is 0. The molecular formula is C27H44O. The summed E-state index contributed by atoms with van der Waals surface area (Å²) in [5.41, 5.74) is 4.41. The Hall–Kier alpha value is -0.560. The molecule has 158 valence electrons. The zero-order valence-electron chi connectivity index (χ0n) is 19.1. The zero-order chi connectivity index (χ0) is 20.1. The Morgan fingerprint density at radius 2 is 1.86 bits per heavy atom. The van der Waals surface area contributed by atoms with Crippen LogP contribution in [0, 0.1) is 40.4 Å². The molecule has 1 N–H and O–H groups in total. The van der Waals surface area contributed by atoms with E-state index in [-0.39, 0.29) is 6.10 Å². The Morgan fingerprint density at radius 3 is 2.61 bits per heavy atom. The Kier molecular flexibility index (Phi) is 5.62. The molecule has 0 spiro atoms. The summed E-state index contributed by atoms with van der Waals surface area (Å²) >= 11 is 0. The summed E-state index contributed by atoms with van der Waals surface area (Å²) in [5.74, 6) is 3.92. The van der Waals surface area contributed by atoms with Gasteiger partial charge in [-0.3, -0.25) is 0 Å². The van der Waals surface area contributed by atoms with Crippen molar-refractivity contribution in [3.63, 3.8) is 0 Å². The van der Waals surface area contributed by atoms with E-state index >= 15 is 0 Å². The standard InChI is InChI=1S/C27H44O/c1-18(2)7-6-8-19(3)23-11-12-24-22-10-9-20-17-21(28)13-15-26(20,4)25(22)14-16-27(23,24)5/h9-10,18-21,23,25,28H,6-8,11-17H2,1-5H3/t19-,20+,21?,23-,25+,26+,27-/m1/s1. The fraction of sp³-hybridized carbons (Fsp3) is 0.852. The number of fused-ring (bicyclic) bond motifs is 4. The lowest BCUT2D eigenvalue weighted by atomic mass is 9.50. The number of allylic oxidation sites excluding steroid dienone is 4. The van der Waals surface area contributed by atoms with Crippen LogP contribution in [0.1, 0.15) is 98.8 Å². The first-order valence-electron chi connectivity index (χ1n) is 12.4. The van der Waals surface area contributed by atoms with Gasteiger partial charge in [0.2, 0.25) is 0 Å². The second-order valence-corrected chi connectivity index (χ2v) is 11.8. The van der Waals surface area contributed by atoms with Crippen molar-refractivity contribution in [3.8, 4) is 0 Å². The second-order valence-electron chi connectivity index (χ2n) is 11.8.